The number of nitrogens with zero attached hydrogens (tertiary/aromatic N) is 2. The van der Waals surface area contributed by atoms with E-state index in [0.717, 1.165) is 10.9 Å². The molecule has 0 spiro atoms. The van der Waals surface area contributed by atoms with Crippen molar-refractivity contribution in [1.29, 1.82) is 5.26 Å². The summed E-state index contributed by atoms with van der Waals surface area (Å²) in [6.07, 6.45) is 0.624. The van der Waals surface area contributed by atoms with Crippen LogP contribution in [0.3, 0.4) is 0 Å². The Kier molecular flexibility index (Phi) is 3.75. The van der Waals surface area contributed by atoms with Crippen LogP contribution in [-0.4, -0.2) is 22.7 Å². The second-order valence-corrected chi connectivity index (χ2v) is 4.25. The van der Waals surface area contributed by atoms with E-state index < -0.39 is 0 Å². The lowest BCUT2D eigenvalue weighted by Gasteiger charge is -2.14. The summed E-state index contributed by atoms with van der Waals surface area (Å²) < 4.78 is 0. The summed E-state index contributed by atoms with van der Waals surface area (Å²) in [5.74, 6) is 0.581. The number of hydrogen-bond donors (Lipinski definition) is 2. The summed E-state index contributed by atoms with van der Waals surface area (Å²) in [5, 5.41) is 22.1. The molecule has 4 nitrogen and oxygen atoms in total. The van der Waals surface area contributed by atoms with Crippen LogP contribution in [0.4, 0.5) is 5.82 Å². The third-order valence-electron chi connectivity index (χ3n) is 2.79. The van der Waals surface area contributed by atoms with Crippen molar-refractivity contribution in [1.82, 2.24) is 4.98 Å². The largest absolute Gasteiger partial charge is 0.396 e. The fourth-order valence-corrected chi connectivity index (χ4v) is 1.81. The minimum absolute atomic E-state index is 0.0794. The van der Waals surface area contributed by atoms with Crippen LogP contribution in [0.1, 0.15) is 18.9 Å². The first-order chi connectivity index (χ1) is 8.74. The second kappa shape index (κ2) is 5.48. The topological polar surface area (TPSA) is 68.9 Å². The smallest absolute Gasteiger partial charge is 0.144 e. The zero-order valence-electron chi connectivity index (χ0n) is 10.2. The third kappa shape index (κ3) is 2.58. The highest BCUT2D eigenvalue weighted by Gasteiger charge is 2.09. The first-order valence-electron chi connectivity index (χ1n) is 5.92. The number of nitriles is 1. The van der Waals surface area contributed by atoms with Gasteiger partial charge in [-0.2, -0.15) is 5.26 Å². The van der Waals surface area contributed by atoms with Gasteiger partial charge >= 0.3 is 0 Å². The molecule has 1 heterocycles. The lowest BCUT2D eigenvalue weighted by molar-refractivity contribution is 0.282. The van der Waals surface area contributed by atoms with E-state index in [1.165, 1.54) is 0 Å². The molecule has 1 aromatic heterocycles. The van der Waals surface area contributed by atoms with Crippen molar-refractivity contribution >= 4 is 16.7 Å². The van der Waals surface area contributed by atoms with E-state index in [2.05, 4.69) is 16.4 Å². The fraction of sp³-hybridized carbons (Fsp3) is 0.286. The Bertz CT molecular complexity index is 589. The summed E-state index contributed by atoms with van der Waals surface area (Å²) in [6.45, 7) is 2.07. The van der Waals surface area contributed by atoms with Gasteiger partial charge in [0.05, 0.1) is 11.1 Å². The molecule has 0 radical (unpaired) electrons. The number of aromatic nitrogens is 1. The van der Waals surface area contributed by atoms with E-state index >= 15 is 0 Å². The highest BCUT2D eigenvalue weighted by Crippen LogP contribution is 2.20. The van der Waals surface area contributed by atoms with E-state index in [1.807, 2.05) is 37.3 Å². The Morgan fingerprint density at radius 3 is 2.94 bits per heavy atom. The summed E-state index contributed by atoms with van der Waals surface area (Å²) in [6, 6.07) is 11.7. The van der Waals surface area contributed by atoms with E-state index in [-0.39, 0.29) is 12.6 Å². The molecule has 0 aliphatic carbocycles. The average Bonchev–Trinajstić information content (AvgIpc) is 2.38. The number of nitrogens with one attached hydrogen (secondary N) is 1. The zero-order chi connectivity index (χ0) is 13.0. The zero-order valence-corrected chi connectivity index (χ0v) is 10.2. The van der Waals surface area contributed by atoms with Crippen LogP contribution in [0.15, 0.2) is 30.3 Å². The number of fused-ring (bicyclic) bond motifs is 1. The van der Waals surface area contributed by atoms with Crippen LogP contribution >= 0.6 is 0 Å². The Hall–Kier alpha value is -2.12. The minimum atomic E-state index is 0.0794. The predicted octanol–water partition coefficient (Wildman–Crippen LogP) is 2.29. The normalized spacial score (nSPS) is 12.1. The van der Waals surface area contributed by atoms with Crippen molar-refractivity contribution in [3.8, 4) is 6.07 Å². The molecule has 0 aliphatic heterocycles. The molecule has 0 bridgehead atoms. The quantitative estimate of drug-likeness (QED) is 0.861. The molecule has 1 atom stereocenters. The van der Waals surface area contributed by atoms with E-state index in [1.54, 1.807) is 0 Å². The van der Waals surface area contributed by atoms with Crippen LogP contribution in [0.2, 0.25) is 0 Å². The monoisotopic (exact) mass is 241 g/mol. The van der Waals surface area contributed by atoms with Gasteiger partial charge < -0.3 is 10.4 Å². The maximum atomic E-state index is 9.14. The lowest BCUT2D eigenvalue weighted by atomic mass is 10.1. The van der Waals surface area contributed by atoms with Crippen LogP contribution < -0.4 is 5.32 Å². The van der Waals surface area contributed by atoms with E-state index in [4.69, 9.17) is 10.4 Å². The van der Waals surface area contributed by atoms with Gasteiger partial charge in [0.25, 0.3) is 0 Å². The van der Waals surface area contributed by atoms with E-state index in [0.29, 0.717) is 17.8 Å². The number of para-hydroxylation sites is 1. The Balaban J connectivity index is 2.39. The molecule has 4 heteroatoms. The van der Waals surface area contributed by atoms with Gasteiger partial charge in [-0.15, -0.1) is 0 Å². The standard InChI is InChI=1S/C14H15N3O/c1-10(6-7-18)16-14-12(9-15)8-11-4-2-3-5-13(11)17-14/h2-5,8,10,18H,6-7H2,1H3,(H,16,17). The molecule has 0 fully saturated rings. The van der Waals surface area contributed by atoms with Gasteiger partial charge in [0.1, 0.15) is 11.9 Å². The van der Waals surface area contributed by atoms with Crippen molar-refractivity contribution < 1.29 is 5.11 Å². The molecular formula is C14H15N3O. The van der Waals surface area contributed by atoms with Gasteiger partial charge in [0.2, 0.25) is 0 Å². The molecule has 1 unspecified atom stereocenters. The van der Waals surface area contributed by atoms with Gasteiger partial charge in [0.15, 0.2) is 0 Å². The third-order valence-corrected chi connectivity index (χ3v) is 2.79. The Morgan fingerprint density at radius 1 is 1.44 bits per heavy atom. The van der Waals surface area contributed by atoms with Gasteiger partial charge in [0, 0.05) is 18.0 Å². The molecule has 0 saturated carbocycles. The molecule has 0 amide bonds. The Labute approximate surface area is 106 Å². The van der Waals surface area contributed by atoms with Gasteiger partial charge in [-0.25, -0.2) is 4.98 Å². The summed E-state index contributed by atoms with van der Waals surface area (Å²) in [5.41, 5.74) is 1.38. The van der Waals surface area contributed by atoms with Crippen LogP contribution in [-0.2, 0) is 0 Å². The van der Waals surface area contributed by atoms with Crippen molar-refractivity contribution in [3.05, 3.63) is 35.9 Å². The maximum absolute atomic E-state index is 9.14. The molecule has 2 rings (SSSR count). The van der Waals surface area contributed by atoms with Crippen molar-refractivity contribution in [3.63, 3.8) is 0 Å². The van der Waals surface area contributed by atoms with Gasteiger partial charge in [-0.3, -0.25) is 0 Å². The highest BCUT2D eigenvalue weighted by molar-refractivity contribution is 5.82. The predicted molar refractivity (Wildman–Crippen MR) is 71.2 cm³/mol. The molecular weight excluding hydrogens is 226 g/mol. The average molecular weight is 241 g/mol. The molecule has 2 aromatic rings. The van der Waals surface area contributed by atoms with Gasteiger partial charge in [-0.1, -0.05) is 18.2 Å². The van der Waals surface area contributed by atoms with Crippen molar-refractivity contribution in [2.24, 2.45) is 0 Å². The van der Waals surface area contributed by atoms with Crippen molar-refractivity contribution in [2.75, 3.05) is 11.9 Å². The SMILES string of the molecule is CC(CCO)Nc1nc2ccccc2cc1C#N. The number of aliphatic hydroxyl groups is 1. The van der Waals surface area contributed by atoms with E-state index in [9.17, 15) is 0 Å². The number of pyridine rings is 1. The highest BCUT2D eigenvalue weighted by atomic mass is 16.3. The molecule has 1 aromatic carbocycles. The summed E-state index contributed by atoms with van der Waals surface area (Å²) in [4.78, 5) is 4.45. The van der Waals surface area contributed by atoms with Gasteiger partial charge in [-0.05, 0) is 25.5 Å². The number of benzene rings is 1. The maximum Gasteiger partial charge on any atom is 0.144 e. The van der Waals surface area contributed by atoms with Crippen LogP contribution in [0.5, 0.6) is 0 Å². The molecule has 0 saturated heterocycles. The summed E-state index contributed by atoms with van der Waals surface area (Å²) >= 11 is 0. The minimum Gasteiger partial charge on any atom is -0.396 e. The fourth-order valence-electron chi connectivity index (χ4n) is 1.81. The Morgan fingerprint density at radius 2 is 2.22 bits per heavy atom. The molecule has 18 heavy (non-hydrogen) atoms. The lowest BCUT2D eigenvalue weighted by Crippen LogP contribution is -2.18. The second-order valence-electron chi connectivity index (χ2n) is 4.25. The van der Waals surface area contributed by atoms with Crippen LogP contribution in [0.25, 0.3) is 10.9 Å². The first-order valence-corrected chi connectivity index (χ1v) is 5.92. The number of hydrogen-bond acceptors (Lipinski definition) is 4. The number of rotatable bonds is 4. The number of anilines is 1. The van der Waals surface area contributed by atoms with Crippen molar-refractivity contribution in [2.45, 2.75) is 19.4 Å². The molecule has 92 valence electrons. The summed E-state index contributed by atoms with van der Waals surface area (Å²) in [7, 11) is 0. The number of aliphatic hydroxyl groups excluding tert-OH is 1. The molecule has 0 aliphatic rings. The first kappa shape index (κ1) is 12.3. The van der Waals surface area contributed by atoms with Crippen LogP contribution in [0, 0.1) is 11.3 Å². The molecule has 2 N–H and O–H groups in total.